The van der Waals surface area contributed by atoms with Crippen molar-refractivity contribution in [3.05, 3.63) is 34.9 Å². The number of nitrogens with one attached hydrogen (secondary N) is 1. The van der Waals surface area contributed by atoms with Gasteiger partial charge in [-0.2, -0.15) is 0 Å². The number of hydrogen-bond acceptors (Lipinski definition) is 2. The maximum Gasteiger partial charge on any atom is 0.0928 e. The van der Waals surface area contributed by atoms with Crippen LogP contribution in [0.2, 0.25) is 5.02 Å². The zero-order valence-electron chi connectivity index (χ0n) is 10.5. The lowest BCUT2D eigenvalue weighted by Gasteiger charge is -2.18. The van der Waals surface area contributed by atoms with Crippen molar-refractivity contribution in [1.82, 2.24) is 5.32 Å². The largest absolute Gasteiger partial charge is 0.387 e. The molecule has 98 valence electrons. The highest BCUT2D eigenvalue weighted by molar-refractivity contribution is 6.31. The summed E-state index contributed by atoms with van der Waals surface area (Å²) in [6.45, 7) is 1.65. The molecule has 1 aromatic carbocycles. The molecule has 0 bridgehead atoms. The molecule has 0 radical (unpaired) electrons. The second-order valence-electron chi connectivity index (χ2n) is 5.80. The second-order valence-corrected chi connectivity index (χ2v) is 6.21. The van der Waals surface area contributed by atoms with Gasteiger partial charge in [-0.15, -0.1) is 0 Å². The molecular weight excluding hydrogens is 246 g/mol. The monoisotopic (exact) mass is 265 g/mol. The molecule has 1 atom stereocenters. The van der Waals surface area contributed by atoms with Crippen molar-refractivity contribution >= 4 is 11.6 Å². The minimum atomic E-state index is -0.506. The predicted octanol–water partition coefficient (Wildman–Crippen LogP) is 3.15. The third-order valence-corrected chi connectivity index (χ3v) is 4.76. The van der Waals surface area contributed by atoms with Crippen molar-refractivity contribution in [2.24, 2.45) is 11.3 Å². The molecular formula is C15H20ClNO. The van der Waals surface area contributed by atoms with E-state index in [-0.39, 0.29) is 0 Å². The SMILES string of the molecule is OC(CNCC1(C2CC2)CC1)c1ccccc1Cl. The van der Waals surface area contributed by atoms with Gasteiger partial charge in [0.15, 0.2) is 0 Å². The van der Waals surface area contributed by atoms with Crippen LogP contribution >= 0.6 is 11.6 Å². The number of halogens is 1. The van der Waals surface area contributed by atoms with Crippen LogP contribution in [0.1, 0.15) is 37.4 Å². The van der Waals surface area contributed by atoms with E-state index in [0.29, 0.717) is 17.0 Å². The van der Waals surface area contributed by atoms with Crippen molar-refractivity contribution in [2.45, 2.75) is 31.8 Å². The molecule has 2 fully saturated rings. The lowest BCUT2D eigenvalue weighted by atomic mass is 10.0. The minimum Gasteiger partial charge on any atom is -0.387 e. The fourth-order valence-corrected chi connectivity index (χ4v) is 3.16. The summed E-state index contributed by atoms with van der Waals surface area (Å²) < 4.78 is 0. The number of rotatable bonds is 6. The molecule has 3 rings (SSSR count). The lowest BCUT2D eigenvalue weighted by Crippen LogP contribution is -2.29. The maximum atomic E-state index is 10.1. The standard InChI is InChI=1S/C15H20ClNO/c16-13-4-2-1-3-12(13)14(18)9-17-10-15(7-8-15)11-5-6-11/h1-4,11,14,17-18H,5-10H2. The first-order valence-electron chi connectivity index (χ1n) is 6.84. The molecule has 2 aliphatic rings. The molecule has 2 saturated carbocycles. The Balaban J connectivity index is 1.50. The Kier molecular flexibility index (Phi) is 3.35. The van der Waals surface area contributed by atoms with Gasteiger partial charge < -0.3 is 10.4 Å². The van der Waals surface area contributed by atoms with Crippen LogP contribution in [0.15, 0.2) is 24.3 Å². The van der Waals surface area contributed by atoms with E-state index in [1.165, 1.54) is 25.7 Å². The first kappa shape index (κ1) is 12.5. The molecule has 1 unspecified atom stereocenters. The third-order valence-electron chi connectivity index (χ3n) is 4.41. The first-order chi connectivity index (χ1) is 8.71. The van der Waals surface area contributed by atoms with Gasteiger partial charge in [-0.1, -0.05) is 29.8 Å². The number of hydrogen-bond donors (Lipinski definition) is 2. The smallest absolute Gasteiger partial charge is 0.0928 e. The summed E-state index contributed by atoms with van der Waals surface area (Å²) in [5.74, 6) is 0.961. The summed E-state index contributed by atoms with van der Waals surface area (Å²) in [7, 11) is 0. The molecule has 0 aliphatic heterocycles. The van der Waals surface area contributed by atoms with Crippen molar-refractivity contribution < 1.29 is 5.11 Å². The predicted molar refractivity (Wildman–Crippen MR) is 73.7 cm³/mol. The van der Waals surface area contributed by atoms with E-state index in [1.54, 1.807) is 0 Å². The Labute approximate surface area is 113 Å². The Bertz CT molecular complexity index is 426. The first-order valence-corrected chi connectivity index (χ1v) is 7.22. The zero-order chi connectivity index (χ0) is 12.6. The van der Waals surface area contributed by atoms with Crippen LogP contribution in [-0.2, 0) is 0 Å². The van der Waals surface area contributed by atoms with Gasteiger partial charge in [0.05, 0.1) is 6.10 Å². The summed E-state index contributed by atoms with van der Waals surface area (Å²) in [6.07, 6.45) is 5.05. The molecule has 3 heteroatoms. The van der Waals surface area contributed by atoms with E-state index < -0.39 is 6.10 Å². The van der Waals surface area contributed by atoms with Crippen LogP contribution in [0.3, 0.4) is 0 Å². The van der Waals surface area contributed by atoms with Gasteiger partial charge in [0.2, 0.25) is 0 Å². The summed E-state index contributed by atoms with van der Waals surface area (Å²) in [6, 6.07) is 7.52. The summed E-state index contributed by atoms with van der Waals surface area (Å²) >= 11 is 6.07. The van der Waals surface area contributed by atoms with E-state index in [2.05, 4.69) is 5.32 Å². The Morgan fingerprint density at radius 2 is 2.06 bits per heavy atom. The molecule has 2 N–H and O–H groups in total. The van der Waals surface area contributed by atoms with E-state index >= 15 is 0 Å². The molecule has 0 heterocycles. The topological polar surface area (TPSA) is 32.3 Å². The van der Waals surface area contributed by atoms with Gasteiger partial charge in [0.1, 0.15) is 0 Å². The average molecular weight is 266 g/mol. The second kappa shape index (κ2) is 4.84. The lowest BCUT2D eigenvalue weighted by molar-refractivity contribution is 0.171. The summed E-state index contributed by atoms with van der Waals surface area (Å²) in [5.41, 5.74) is 1.41. The van der Waals surface area contributed by atoms with Gasteiger partial charge in [0, 0.05) is 23.7 Å². The highest BCUT2D eigenvalue weighted by atomic mass is 35.5. The van der Waals surface area contributed by atoms with Gasteiger partial charge in [-0.3, -0.25) is 0 Å². The Hall–Kier alpha value is -0.570. The fraction of sp³-hybridized carbons (Fsp3) is 0.600. The van der Waals surface area contributed by atoms with Crippen molar-refractivity contribution in [3.63, 3.8) is 0 Å². The molecule has 0 aromatic heterocycles. The molecule has 0 spiro atoms. The average Bonchev–Trinajstić information content (AvgIpc) is 3.23. The Morgan fingerprint density at radius 1 is 1.33 bits per heavy atom. The van der Waals surface area contributed by atoms with Crippen LogP contribution in [0.4, 0.5) is 0 Å². The summed E-state index contributed by atoms with van der Waals surface area (Å²) in [5, 5.41) is 14.2. The van der Waals surface area contributed by atoms with Crippen molar-refractivity contribution in [3.8, 4) is 0 Å². The minimum absolute atomic E-state index is 0.506. The normalized spacial score (nSPS) is 22.8. The van der Waals surface area contributed by atoms with Crippen molar-refractivity contribution in [1.29, 1.82) is 0 Å². The molecule has 0 amide bonds. The Morgan fingerprint density at radius 3 is 2.67 bits per heavy atom. The van der Waals surface area contributed by atoms with Crippen LogP contribution in [-0.4, -0.2) is 18.2 Å². The maximum absolute atomic E-state index is 10.1. The van der Waals surface area contributed by atoms with E-state index in [1.807, 2.05) is 24.3 Å². The van der Waals surface area contributed by atoms with Gasteiger partial charge in [-0.25, -0.2) is 0 Å². The van der Waals surface area contributed by atoms with Gasteiger partial charge in [-0.05, 0) is 43.1 Å². The van der Waals surface area contributed by atoms with Crippen LogP contribution in [0, 0.1) is 11.3 Å². The quantitative estimate of drug-likeness (QED) is 0.828. The molecule has 2 aliphatic carbocycles. The van der Waals surface area contributed by atoms with Gasteiger partial charge >= 0.3 is 0 Å². The molecule has 2 nitrogen and oxygen atoms in total. The van der Waals surface area contributed by atoms with E-state index in [0.717, 1.165) is 18.0 Å². The van der Waals surface area contributed by atoms with Gasteiger partial charge in [0.25, 0.3) is 0 Å². The van der Waals surface area contributed by atoms with E-state index in [9.17, 15) is 5.11 Å². The molecule has 0 saturated heterocycles. The van der Waals surface area contributed by atoms with Crippen LogP contribution in [0.25, 0.3) is 0 Å². The zero-order valence-corrected chi connectivity index (χ0v) is 11.3. The molecule has 18 heavy (non-hydrogen) atoms. The van der Waals surface area contributed by atoms with Crippen LogP contribution < -0.4 is 5.32 Å². The van der Waals surface area contributed by atoms with Crippen LogP contribution in [0.5, 0.6) is 0 Å². The number of aliphatic hydroxyl groups is 1. The highest BCUT2D eigenvalue weighted by Crippen LogP contribution is 2.60. The number of benzene rings is 1. The number of aliphatic hydroxyl groups excluding tert-OH is 1. The fourth-order valence-electron chi connectivity index (χ4n) is 2.90. The highest BCUT2D eigenvalue weighted by Gasteiger charge is 2.53. The molecule has 1 aromatic rings. The van der Waals surface area contributed by atoms with Crippen molar-refractivity contribution in [2.75, 3.05) is 13.1 Å². The summed E-state index contributed by atoms with van der Waals surface area (Å²) in [4.78, 5) is 0. The van der Waals surface area contributed by atoms with E-state index in [4.69, 9.17) is 11.6 Å². The third kappa shape index (κ3) is 2.56.